The number of para-hydroxylation sites is 3. The van der Waals surface area contributed by atoms with E-state index in [-0.39, 0.29) is 0 Å². The van der Waals surface area contributed by atoms with Crippen LogP contribution in [0.25, 0.3) is 72.4 Å². The third-order valence-electron chi connectivity index (χ3n) is 10.0. The number of hydrogen-bond donors (Lipinski definition) is 0. The summed E-state index contributed by atoms with van der Waals surface area (Å²) in [5.41, 5.74) is 9.48. The van der Waals surface area contributed by atoms with Gasteiger partial charge in [-0.25, -0.2) is 4.98 Å². The highest BCUT2D eigenvalue weighted by molar-refractivity contribution is 6.10. The van der Waals surface area contributed by atoms with Crippen LogP contribution in [0, 0.1) is 0 Å². The summed E-state index contributed by atoms with van der Waals surface area (Å²) in [5, 5.41) is 4.60. The van der Waals surface area contributed by atoms with Crippen LogP contribution in [0.1, 0.15) is 0 Å². The Balaban J connectivity index is 1.13. The lowest BCUT2D eigenvalue weighted by Gasteiger charge is -2.25. The van der Waals surface area contributed by atoms with Crippen molar-refractivity contribution in [2.45, 2.75) is 0 Å². The zero-order chi connectivity index (χ0) is 35.8. The third kappa shape index (κ3) is 5.65. The molecule has 254 valence electrons. The van der Waals surface area contributed by atoms with Gasteiger partial charge in [-0.2, -0.15) is 9.97 Å². The van der Waals surface area contributed by atoms with E-state index in [1.54, 1.807) is 0 Å². The number of fused-ring (bicyclic) bond motifs is 4. The van der Waals surface area contributed by atoms with Gasteiger partial charge in [-0.3, -0.25) is 4.57 Å². The first-order valence-electron chi connectivity index (χ1n) is 18.1. The Morgan fingerprint density at radius 1 is 0.333 bits per heavy atom. The van der Waals surface area contributed by atoms with Crippen LogP contribution in [0.4, 0.5) is 17.1 Å². The largest absolute Gasteiger partial charge is 0.311 e. The SMILES string of the molecule is c1ccc(-c2nc(-c3ccc4ccccc4c3)nc(-n3c4ccccc4c4ccc(-c5ccc(N(c6ccccc6)c6ccccc6)cc5)cc43)n2)cc1. The van der Waals surface area contributed by atoms with Crippen molar-refractivity contribution in [2.24, 2.45) is 0 Å². The molecule has 54 heavy (non-hydrogen) atoms. The van der Waals surface area contributed by atoms with Gasteiger partial charge in [0.2, 0.25) is 5.95 Å². The summed E-state index contributed by atoms with van der Waals surface area (Å²) in [6.07, 6.45) is 0. The minimum Gasteiger partial charge on any atom is -0.311 e. The Labute approximate surface area is 313 Å². The maximum Gasteiger partial charge on any atom is 0.238 e. The monoisotopic (exact) mass is 691 g/mol. The molecule has 2 aromatic heterocycles. The van der Waals surface area contributed by atoms with Crippen molar-refractivity contribution in [3.63, 3.8) is 0 Å². The summed E-state index contributed by atoms with van der Waals surface area (Å²) < 4.78 is 2.19. The molecule has 0 unspecified atom stereocenters. The highest BCUT2D eigenvalue weighted by Gasteiger charge is 2.19. The van der Waals surface area contributed by atoms with Crippen LogP contribution in [0.2, 0.25) is 0 Å². The van der Waals surface area contributed by atoms with Gasteiger partial charge in [0.1, 0.15) is 0 Å². The van der Waals surface area contributed by atoms with E-state index in [1.165, 1.54) is 5.39 Å². The van der Waals surface area contributed by atoms with Crippen LogP contribution in [-0.2, 0) is 0 Å². The van der Waals surface area contributed by atoms with E-state index >= 15 is 0 Å². The number of nitrogens with zero attached hydrogens (tertiary/aromatic N) is 5. The van der Waals surface area contributed by atoms with Crippen LogP contribution in [0.15, 0.2) is 200 Å². The Bertz CT molecular complexity index is 2880. The van der Waals surface area contributed by atoms with Crippen molar-refractivity contribution >= 4 is 49.6 Å². The Morgan fingerprint density at radius 2 is 0.870 bits per heavy atom. The second-order valence-electron chi connectivity index (χ2n) is 13.3. The summed E-state index contributed by atoms with van der Waals surface area (Å²) in [5.74, 6) is 1.83. The molecule has 10 aromatic rings. The standard InChI is InChI=1S/C49H33N5/c1-4-15-36(16-5-1)47-50-48(39-25-24-34-14-10-11-17-37(34)32-39)52-49(51-47)54-45-23-13-12-22-43(45)44-31-28-38(33-46(44)54)35-26-29-42(30-27-35)53(40-18-6-2-7-19-40)41-20-8-3-9-21-41/h1-33H. The number of aromatic nitrogens is 4. The molecule has 0 aliphatic carbocycles. The minimum absolute atomic E-state index is 0.576. The van der Waals surface area contributed by atoms with Gasteiger partial charge in [0.15, 0.2) is 11.6 Å². The molecule has 0 saturated carbocycles. The molecule has 0 aliphatic heterocycles. The molecule has 0 bridgehead atoms. The zero-order valence-corrected chi connectivity index (χ0v) is 29.3. The summed E-state index contributed by atoms with van der Waals surface area (Å²) >= 11 is 0. The van der Waals surface area contributed by atoms with Crippen molar-refractivity contribution < 1.29 is 0 Å². The summed E-state index contributed by atoms with van der Waals surface area (Å²) in [4.78, 5) is 17.7. The molecular formula is C49H33N5. The predicted molar refractivity (Wildman–Crippen MR) is 223 cm³/mol. The van der Waals surface area contributed by atoms with Gasteiger partial charge in [0.05, 0.1) is 11.0 Å². The molecule has 0 fully saturated rings. The lowest BCUT2D eigenvalue weighted by atomic mass is 10.0. The van der Waals surface area contributed by atoms with Crippen LogP contribution in [-0.4, -0.2) is 19.5 Å². The van der Waals surface area contributed by atoms with Crippen LogP contribution in [0.5, 0.6) is 0 Å². The maximum atomic E-state index is 5.20. The van der Waals surface area contributed by atoms with E-state index < -0.39 is 0 Å². The predicted octanol–water partition coefficient (Wildman–Crippen LogP) is 12.6. The highest BCUT2D eigenvalue weighted by atomic mass is 15.2. The number of rotatable bonds is 7. The number of hydrogen-bond acceptors (Lipinski definition) is 4. The van der Waals surface area contributed by atoms with Gasteiger partial charge in [-0.05, 0) is 76.5 Å². The van der Waals surface area contributed by atoms with Crippen LogP contribution in [0.3, 0.4) is 0 Å². The molecule has 0 atom stereocenters. The van der Waals surface area contributed by atoms with Crippen molar-refractivity contribution in [3.8, 4) is 39.9 Å². The normalized spacial score (nSPS) is 11.3. The van der Waals surface area contributed by atoms with Gasteiger partial charge >= 0.3 is 0 Å². The summed E-state index contributed by atoms with van der Waals surface area (Å²) in [7, 11) is 0. The van der Waals surface area contributed by atoms with Crippen molar-refractivity contribution in [1.82, 2.24) is 19.5 Å². The molecule has 0 spiro atoms. The first-order chi connectivity index (χ1) is 26.8. The molecule has 2 heterocycles. The fourth-order valence-electron chi connectivity index (χ4n) is 7.41. The molecule has 0 radical (unpaired) electrons. The summed E-state index contributed by atoms with van der Waals surface area (Å²) in [6.45, 7) is 0. The van der Waals surface area contributed by atoms with E-state index in [1.807, 2.05) is 30.3 Å². The molecular weight excluding hydrogens is 659 g/mol. The molecule has 5 nitrogen and oxygen atoms in total. The van der Waals surface area contributed by atoms with E-state index in [0.29, 0.717) is 17.6 Å². The minimum atomic E-state index is 0.576. The molecule has 8 aromatic carbocycles. The van der Waals surface area contributed by atoms with Crippen molar-refractivity contribution in [3.05, 3.63) is 200 Å². The molecule has 5 heteroatoms. The number of benzene rings is 8. The third-order valence-corrected chi connectivity index (χ3v) is 10.0. The average Bonchev–Trinajstić information content (AvgIpc) is 3.58. The van der Waals surface area contributed by atoms with Gasteiger partial charge in [-0.15, -0.1) is 0 Å². The smallest absolute Gasteiger partial charge is 0.238 e. The Hall–Kier alpha value is -7.37. The van der Waals surface area contributed by atoms with Gasteiger partial charge < -0.3 is 4.90 Å². The topological polar surface area (TPSA) is 46.8 Å². The number of anilines is 3. The molecule has 0 amide bonds. The lowest BCUT2D eigenvalue weighted by Crippen LogP contribution is -2.09. The lowest BCUT2D eigenvalue weighted by molar-refractivity contribution is 0.954. The first kappa shape index (κ1) is 31.4. The molecule has 10 rings (SSSR count). The van der Waals surface area contributed by atoms with E-state index in [9.17, 15) is 0 Å². The van der Waals surface area contributed by atoms with E-state index in [2.05, 4.69) is 179 Å². The van der Waals surface area contributed by atoms with Crippen LogP contribution < -0.4 is 4.90 Å². The molecule has 0 N–H and O–H groups in total. The Kier molecular flexibility index (Phi) is 7.73. The first-order valence-corrected chi connectivity index (χ1v) is 18.1. The van der Waals surface area contributed by atoms with Crippen molar-refractivity contribution in [1.29, 1.82) is 0 Å². The summed E-state index contributed by atoms with van der Waals surface area (Å²) in [6, 6.07) is 69.9. The van der Waals surface area contributed by atoms with Crippen molar-refractivity contribution in [2.75, 3.05) is 4.90 Å². The van der Waals surface area contributed by atoms with Gasteiger partial charge in [0, 0.05) is 39.0 Å². The van der Waals surface area contributed by atoms with Gasteiger partial charge in [0.25, 0.3) is 0 Å². The highest BCUT2D eigenvalue weighted by Crippen LogP contribution is 2.38. The maximum absolute atomic E-state index is 5.20. The second-order valence-corrected chi connectivity index (χ2v) is 13.3. The fraction of sp³-hybridized carbons (Fsp3) is 0. The van der Waals surface area contributed by atoms with E-state index in [0.717, 1.165) is 66.5 Å². The van der Waals surface area contributed by atoms with Gasteiger partial charge in [-0.1, -0.05) is 146 Å². The van der Waals surface area contributed by atoms with Crippen LogP contribution >= 0.6 is 0 Å². The second kappa shape index (κ2) is 13.3. The molecule has 0 aliphatic rings. The zero-order valence-electron chi connectivity index (χ0n) is 29.3. The average molecular weight is 692 g/mol. The Morgan fingerprint density at radius 3 is 1.59 bits per heavy atom. The molecule has 0 saturated heterocycles. The van der Waals surface area contributed by atoms with E-state index in [4.69, 9.17) is 15.0 Å². The quantitative estimate of drug-likeness (QED) is 0.167. The fourth-order valence-corrected chi connectivity index (χ4v) is 7.41.